The maximum absolute atomic E-state index is 4.66. The van der Waals surface area contributed by atoms with Gasteiger partial charge in [0.2, 0.25) is 0 Å². The first-order chi connectivity index (χ1) is 9.91. The Labute approximate surface area is 128 Å². The Bertz CT molecular complexity index is 580. The third-order valence-corrected chi connectivity index (χ3v) is 3.78. The molecular weight excluding hydrogens is 260 g/mol. The molecule has 0 amide bonds. The van der Waals surface area contributed by atoms with Crippen LogP contribution in [0.2, 0.25) is 0 Å². The number of nitrogens with zero attached hydrogens (tertiary/aromatic N) is 3. The van der Waals surface area contributed by atoms with Gasteiger partial charge >= 0.3 is 0 Å². The Kier molecular flexibility index (Phi) is 4.86. The van der Waals surface area contributed by atoms with E-state index in [1.54, 1.807) is 0 Å². The Balaban J connectivity index is 2.18. The van der Waals surface area contributed by atoms with Gasteiger partial charge in [-0.1, -0.05) is 47.0 Å². The predicted molar refractivity (Wildman–Crippen MR) is 88.9 cm³/mol. The normalized spacial score (nSPS) is 13.6. The van der Waals surface area contributed by atoms with Crippen LogP contribution in [0.15, 0.2) is 18.5 Å². The van der Waals surface area contributed by atoms with E-state index in [1.807, 2.05) is 16.9 Å². The lowest BCUT2D eigenvalue weighted by Crippen LogP contribution is -2.16. The number of hydrogen-bond acceptors (Lipinski definition) is 3. The van der Waals surface area contributed by atoms with E-state index in [-0.39, 0.29) is 5.41 Å². The third kappa shape index (κ3) is 3.96. The molecule has 4 heteroatoms. The van der Waals surface area contributed by atoms with Gasteiger partial charge in [-0.25, -0.2) is 9.50 Å². The summed E-state index contributed by atoms with van der Waals surface area (Å²) in [6, 6.07) is 2.58. The number of fused-ring (bicyclic) bond motifs is 1. The fraction of sp³-hybridized carbons (Fsp3) is 0.647. The number of unbranched alkanes of at least 4 members (excludes halogenated alkanes) is 2. The summed E-state index contributed by atoms with van der Waals surface area (Å²) in [5.41, 5.74) is 2.21. The van der Waals surface area contributed by atoms with Crippen molar-refractivity contribution in [3.8, 4) is 0 Å². The molecule has 0 radical (unpaired) electrons. The lowest BCUT2D eigenvalue weighted by Gasteiger charge is -2.14. The molecule has 0 aliphatic heterocycles. The van der Waals surface area contributed by atoms with Crippen molar-refractivity contribution in [3.63, 3.8) is 0 Å². The van der Waals surface area contributed by atoms with Crippen molar-refractivity contribution in [2.75, 3.05) is 5.32 Å². The van der Waals surface area contributed by atoms with Crippen molar-refractivity contribution >= 4 is 11.3 Å². The van der Waals surface area contributed by atoms with E-state index in [2.05, 4.69) is 56.1 Å². The summed E-state index contributed by atoms with van der Waals surface area (Å²) in [7, 11) is 0. The smallest absolute Gasteiger partial charge is 0.152 e. The molecule has 0 aromatic carbocycles. The molecule has 116 valence electrons. The Morgan fingerprint density at radius 1 is 1.29 bits per heavy atom. The summed E-state index contributed by atoms with van der Waals surface area (Å²) >= 11 is 0. The molecule has 4 nitrogen and oxygen atoms in total. The van der Waals surface area contributed by atoms with Crippen LogP contribution in [0.25, 0.3) is 5.52 Å². The van der Waals surface area contributed by atoms with Gasteiger partial charge in [-0.2, -0.15) is 5.10 Å². The molecule has 21 heavy (non-hydrogen) atoms. The van der Waals surface area contributed by atoms with Crippen molar-refractivity contribution in [3.05, 3.63) is 24.2 Å². The van der Waals surface area contributed by atoms with Crippen molar-refractivity contribution in [2.45, 2.75) is 71.8 Å². The minimum Gasteiger partial charge on any atom is -0.366 e. The van der Waals surface area contributed by atoms with Crippen molar-refractivity contribution in [1.29, 1.82) is 0 Å². The predicted octanol–water partition coefficient (Wildman–Crippen LogP) is 4.41. The van der Waals surface area contributed by atoms with E-state index in [9.17, 15) is 0 Å². The van der Waals surface area contributed by atoms with Crippen LogP contribution in [0, 0.1) is 0 Å². The molecule has 0 aliphatic rings. The second kappa shape index (κ2) is 6.46. The molecule has 0 spiro atoms. The molecule has 0 aliphatic carbocycles. The first-order valence-corrected chi connectivity index (χ1v) is 8.03. The Morgan fingerprint density at radius 3 is 2.71 bits per heavy atom. The summed E-state index contributed by atoms with van der Waals surface area (Å²) in [6.45, 7) is 11.0. The largest absolute Gasteiger partial charge is 0.366 e. The Morgan fingerprint density at radius 2 is 2.05 bits per heavy atom. The maximum atomic E-state index is 4.66. The van der Waals surface area contributed by atoms with Crippen LogP contribution in [-0.4, -0.2) is 20.6 Å². The zero-order chi connectivity index (χ0) is 15.5. The van der Waals surface area contributed by atoms with Gasteiger partial charge in [0, 0.05) is 23.9 Å². The van der Waals surface area contributed by atoms with E-state index in [4.69, 9.17) is 0 Å². The molecule has 2 aromatic rings. The van der Waals surface area contributed by atoms with Gasteiger partial charge in [0.15, 0.2) is 5.82 Å². The summed E-state index contributed by atoms with van der Waals surface area (Å²) in [6.07, 6.45) is 8.73. The molecular formula is C17H28N4. The highest BCUT2D eigenvalue weighted by Crippen LogP contribution is 2.25. The van der Waals surface area contributed by atoms with Crippen LogP contribution in [-0.2, 0) is 5.41 Å². The summed E-state index contributed by atoms with van der Waals surface area (Å²) < 4.78 is 1.93. The summed E-state index contributed by atoms with van der Waals surface area (Å²) in [5, 5.41) is 8.20. The molecule has 0 bridgehead atoms. The standard InChI is InChI=1S/C17H28N4/c1-6-7-8-9-13(2)19-16-14-12-15(17(3,4)5)20-21(14)11-10-18-16/h10-13H,6-9H2,1-5H3,(H,18,19). The fourth-order valence-electron chi connectivity index (χ4n) is 2.41. The van der Waals surface area contributed by atoms with Gasteiger partial charge in [0.25, 0.3) is 0 Å². The van der Waals surface area contributed by atoms with Crippen LogP contribution < -0.4 is 5.32 Å². The van der Waals surface area contributed by atoms with Crippen LogP contribution in [0.3, 0.4) is 0 Å². The molecule has 2 aromatic heterocycles. The van der Waals surface area contributed by atoms with Crippen LogP contribution in [0.5, 0.6) is 0 Å². The molecule has 0 saturated heterocycles. The first kappa shape index (κ1) is 15.8. The minimum atomic E-state index is 0.0516. The Hall–Kier alpha value is -1.58. The summed E-state index contributed by atoms with van der Waals surface area (Å²) in [5.74, 6) is 0.935. The molecule has 2 heterocycles. The average Bonchev–Trinajstić information content (AvgIpc) is 2.84. The van der Waals surface area contributed by atoms with Crippen LogP contribution in [0.1, 0.15) is 66.0 Å². The molecule has 2 rings (SSSR count). The monoisotopic (exact) mass is 288 g/mol. The zero-order valence-electron chi connectivity index (χ0n) is 14.0. The van der Waals surface area contributed by atoms with Gasteiger partial charge in [0.05, 0.1) is 5.69 Å². The number of aromatic nitrogens is 3. The average molecular weight is 288 g/mol. The molecule has 1 N–H and O–H groups in total. The first-order valence-electron chi connectivity index (χ1n) is 8.03. The van der Waals surface area contributed by atoms with Gasteiger partial charge in [-0.15, -0.1) is 0 Å². The van der Waals surface area contributed by atoms with Crippen LogP contribution in [0.4, 0.5) is 5.82 Å². The van der Waals surface area contributed by atoms with Crippen LogP contribution >= 0.6 is 0 Å². The number of hydrogen-bond donors (Lipinski definition) is 1. The van der Waals surface area contributed by atoms with E-state index in [0.29, 0.717) is 6.04 Å². The highest BCUT2D eigenvalue weighted by Gasteiger charge is 2.19. The molecule has 0 saturated carbocycles. The number of rotatable bonds is 6. The van der Waals surface area contributed by atoms with Gasteiger partial charge < -0.3 is 5.32 Å². The topological polar surface area (TPSA) is 42.2 Å². The lowest BCUT2D eigenvalue weighted by molar-refractivity contribution is 0.562. The van der Waals surface area contributed by atoms with E-state index in [1.165, 1.54) is 25.7 Å². The zero-order valence-corrected chi connectivity index (χ0v) is 14.0. The van der Waals surface area contributed by atoms with Crippen molar-refractivity contribution in [1.82, 2.24) is 14.6 Å². The molecule has 1 unspecified atom stereocenters. The van der Waals surface area contributed by atoms with E-state index < -0.39 is 0 Å². The fourth-order valence-corrected chi connectivity index (χ4v) is 2.41. The third-order valence-electron chi connectivity index (χ3n) is 3.78. The SMILES string of the molecule is CCCCCC(C)Nc1nccn2nc(C(C)(C)C)cc12. The molecule has 0 fully saturated rings. The number of anilines is 1. The maximum Gasteiger partial charge on any atom is 0.152 e. The quantitative estimate of drug-likeness (QED) is 0.801. The minimum absolute atomic E-state index is 0.0516. The van der Waals surface area contributed by atoms with E-state index in [0.717, 1.165) is 17.0 Å². The second-order valence-electron chi connectivity index (χ2n) is 6.93. The van der Waals surface area contributed by atoms with Gasteiger partial charge in [-0.3, -0.25) is 0 Å². The van der Waals surface area contributed by atoms with Crippen molar-refractivity contribution < 1.29 is 0 Å². The number of nitrogens with one attached hydrogen (secondary N) is 1. The highest BCUT2D eigenvalue weighted by atomic mass is 15.2. The molecule has 1 atom stereocenters. The van der Waals surface area contributed by atoms with E-state index >= 15 is 0 Å². The lowest BCUT2D eigenvalue weighted by atomic mass is 9.92. The second-order valence-corrected chi connectivity index (χ2v) is 6.93. The van der Waals surface area contributed by atoms with Gasteiger partial charge in [-0.05, 0) is 19.4 Å². The highest BCUT2D eigenvalue weighted by molar-refractivity contribution is 5.68. The van der Waals surface area contributed by atoms with Gasteiger partial charge in [0.1, 0.15) is 5.52 Å². The summed E-state index contributed by atoms with van der Waals surface area (Å²) in [4.78, 5) is 4.50. The van der Waals surface area contributed by atoms with Crippen molar-refractivity contribution in [2.24, 2.45) is 0 Å².